The lowest BCUT2D eigenvalue weighted by atomic mass is 9.93. The minimum absolute atomic E-state index is 0.247. The Kier molecular flexibility index (Phi) is 3.02. The lowest BCUT2D eigenvalue weighted by Gasteiger charge is -2.21. The van der Waals surface area contributed by atoms with Crippen molar-refractivity contribution in [3.63, 3.8) is 0 Å². The predicted octanol–water partition coefficient (Wildman–Crippen LogP) is 2.09. The van der Waals surface area contributed by atoms with E-state index in [1.165, 1.54) is 0 Å². The van der Waals surface area contributed by atoms with Crippen molar-refractivity contribution in [1.82, 2.24) is 4.31 Å². The Morgan fingerprint density at radius 1 is 1.54 bits per heavy atom. The summed E-state index contributed by atoms with van der Waals surface area (Å²) in [5.74, 6) is 0.517. The second kappa shape index (κ2) is 3.58. The first-order valence-corrected chi connectivity index (χ1v) is 6.57. The van der Waals surface area contributed by atoms with Crippen LogP contribution in [0.1, 0.15) is 33.6 Å². The van der Waals surface area contributed by atoms with E-state index < -0.39 is 9.92 Å². The van der Waals surface area contributed by atoms with E-state index >= 15 is 0 Å². The minimum Gasteiger partial charge on any atom is -0.240 e. The number of nitrogens with zero attached hydrogens (tertiary/aromatic N) is 1. The molecule has 78 valence electrons. The van der Waals surface area contributed by atoms with Crippen LogP contribution in [-0.2, 0) is 9.92 Å². The summed E-state index contributed by atoms with van der Waals surface area (Å²) < 4.78 is 21.5. The van der Waals surface area contributed by atoms with Crippen LogP contribution in [0.15, 0.2) is 0 Å². The molecule has 1 heterocycles. The van der Waals surface area contributed by atoms with Gasteiger partial charge in [-0.2, -0.15) is 0 Å². The standard InChI is InChI=1S/C9H20N2OS/c1-4-7-13(10,12)11-6-5-9(2,3)8-11/h10H,4-8H2,1-3H3. The van der Waals surface area contributed by atoms with Crippen molar-refractivity contribution >= 4 is 9.92 Å². The van der Waals surface area contributed by atoms with Gasteiger partial charge in [0.15, 0.2) is 0 Å². The van der Waals surface area contributed by atoms with Crippen molar-refractivity contribution in [2.24, 2.45) is 5.41 Å². The maximum Gasteiger partial charge on any atom is 0.107 e. The van der Waals surface area contributed by atoms with Gasteiger partial charge < -0.3 is 0 Å². The third-order valence-electron chi connectivity index (χ3n) is 2.54. The Morgan fingerprint density at radius 2 is 2.15 bits per heavy atom. The van der Waals surface area contributed by atoms with Crippen molar-refractivity contribution in [2.75, 3.05) is 18.8 Å². The van der Waals surface area contributed by atoms with Gasteiger partial charge in [0, 0.05) is 18.8 Å². The Hall–Kier alpha value is -0.0900. The molecule has 1 N–H and O–H groups in total. The number of hydrogen-bond donors (Lipinski definition) is 1. The summed E-state index contributed by atoms with van der Waals surface area (Å²) in [6.45, 7) is 7.98. The topological polar surface area (TPSA) is 44.2 Å². The molecule has 3 nitrogen and oxygen atoms in total. The maximum absolute atomic E-state index is 11.9. The Morgan fingerprint density at radius 3 is 2.54 bits per heavy atom. The van der Waals surface area contributed by atoms with Gasteiger partial charge in [-0.3, -0.25) is 0 Å². The van der Waals surface area contributed by atoms with Crippen LogP contribution in [0.4, 0.5) is 0 Å². The lowest BCUT2D eigenvalue weighted by molar-refractivity contribution is 0.382. The highest BCUT2D eigenvalue weighted by molar-refractivity contribution is 7.90. The Labute approximate surface area is 81.6 Å². The highest BCUT2D eigenvalue weighted by Crippen LogP contribution is 2.30. The molecule has 0 radical (unpaired) electrons. The summed E-state index contributed by atoms with van der Waals surface area (Å²) in [6.07, 6.45) is 1.89. The molecular formula is C9H20N2OS. The first-order chi connectivity index (χ1) is 5.87. The van der Waals surface area contributed by atoms with Crippen LogP contribution in [0, 0.1) is 10.2 Å². The van der Waals surface area contributed by atoms with E-state index in [2.05, 4.69) is 13.8 Å². The Balaban J connectivity index is 2.66. The molecule has 13 heavy (non-hydrogen) atoms. The normalized spacial score (nSPS) is 27.3. The van der Waals surface area contributed by atoms with Crippen LogP contribution in [0.25, 0.3) is 0 Å². The molecule has 0 amide bonds. The highest BCUT2D eigenvalue weighted by Gasteiger charge is 2.33. The third kappa shape index (κ3) is 2.68. The minimum atomic E-state index is -2.45. The van der Waals surface area contributed by atoms with Crippen LogP contribution in [0.3, 0.4) is 0 Å². The van der Waals surface area contributed by atoms with Crippen LogP contribution in [0.2, 0.25) is 0 Å². The molecule has 1 fully saturated rings. The van der Waals surface area contributed by atoms with Gasteiger partial charge in [0.2, 0.25) is 0 Å². The molecule has 0 bridgehead atoms. The van der Waals surface area contributed by atoms with E-state index in [9.17, 15) is 4.21 Å². The van der Waals surface area contributed by atoms with E-state index in [0.29, 0.717) is 5.75 Å². The molecule has 1 aliphatic rings. The van der Waals surface area contributed by atoms with Crippen molar-refractivity contribution in [2.45, 2.75) is 33.6 Å². The van der Waals surface area contributed by atoms with Crippen molar-refractivity contribution in [3.05, 3.63) is 0 Å². The third-order valence-corrected chi connectivity index (χ3v) is 4.65. The molecule has 0 aromatic carbocycles. The molecule has 1 atom stereocenters. The SMILES string of the molecule is CCCS(=N)(=O)N1CCC(C)(C)C1. The molecule has 1 saturated heterocycles. The molecule has 0 aromatic rings. The van der Waals surface area contributed by atoms with Gasteiger partial charge in [-0.15, -0.1) is 0 Å². The van der Waals surface area contributed by atoms with Crippen molar-refractivity contribution in [3.8, 4) is 0 Å². The summed E-state index contributed by atoms with van der Waals surface area (Å²) in [5, 5.41) is 0. The van der Waals surface area contributed by atoms with Crippen LogP contribution in [0.5, 0.6) is 0 Å². The van der Waals surface area contributed by atoms with Gasteiger partial charge in [0.1, 0.15) is 9.92 Å². The zero-order valence-corrected chi connectivity index (χ0v) is 9.62. The quantitative estimate of drug-likeness (QED) is 0.751. The van der Waals surface area contributed by atoms with Crippen molar-refractivity contribution < 1.29 is 4.21 Å². The molecule has 0 spiro atoms. The fraction of sp³-hybridized carbons (Fsp3) is 1.00. The molecule has 0 aliphatic carbocycles. The average molecular weight is 204 g/mol. The first kappa shape index (κ1) is 11.0. The second-order valence-electron chi connectivity index (χ2n) is 4.62. The molecule has 1 rings (SSSR count). The van der Waals surface area contributed by atoms with Crippen molar-refractivity contribution in [1.29, 1.82) is 4.78 Å². The second-order valence-corrected chi connectivity index (χ2v) is 6.83. The Bertz CT molecular complexity index is 269. The number of hydrogen-bond acceptors (Lipinski definition) is 2. The van der Waals surface area contributed by atoms with E-state index in [0.717, 1.165) is 25.9 Å². The summed E-state index contributed by atoms with van der Waals surface area (Å²) >= 11 is 0. The summed E-state index contributed by atoms with van der Waals surface area (Å²) in [6, 6.07) is 0. The summed E-state index contributed by atoms with van der Waals surface area (Å²) in [5.41, 5.74) is 0.247. The van der Waals surface area contributed by atoms with Gasteiger partial charge in [0.25, 0.3) is 0 Å². The van der Waals surface area contributed by atoms with Gasteiger partial charge in [-0.05, 0) is 18.3 Å². The zero-order valence-electron chi connectivity index (χ0n) is 8.80. The van der Waals surface area contributed by atoms with E-state index in [-0.39, 0.29) is 5.41 Å². The zero-order chi connectivity index (χ0) is 10.1. The fourth-order valence-electron chi connectivity index (χ4n) is 1.72. The van der Waals surface area contributed by atoms with Crippen LogP contribution < -0.4 is 0 Å². The molecule has 0 aromatic heterocycles. The van der Waals surface area contributed by atoms with Gasteiger partial charge in [0.05, 0.1) is 0 Å². The van der Waals surface area contributed by atoms with E-state index in [1.807, 2.05) is 11.2 Å². The molecule has 1 unspecified atom stereocenters. The van der Waals surface area contributed by atoms with Gasteiger partial charge in [-0.1, -0.05) is 20.8 Å². The van der Waals surface area contributed by atoms with Crippen LogP contribution >= 0.6 is 0 Å². The number of rotatable bonds is 3. The van der Waals surface area contributed by atoms with Gasteiger partial charge in [-0.25, -0.2) is 13.3 Å². The first-order valence-electron chi connectivity index (χ1n) is 4.89. The monoisotopic (exact) mass is 204 g/mol. The summed E-state index contributed by atoms with van der Waals surface area (Å²) in [7, 11) is -2.45. The molecule has 0 saturated carbocycles. The van der Waals surface area contributed by atoms with Crippen LogP contribution in [-0.4, -0.2) is 27.4 Å². The summed E-state index contributed by atoms with van der Waals surface area (Å²) in [4.78, 5) is 0. The highest BCUT2D eigenvalue weighted by atomic mass is 32.2. The molecule has 1 aliphatic heterocycles. The van der Waals surface area contributed by atoms with Gasteiger partial charge >= 0.3 is 0 Å². The molecular weight excluding hydrogens is 184 g/mol. The predicted molar refractivity (Wildman–Crippen MR) is 56.0 cm³/mol. The largest absolute Gasteiger partial charge is 0.240 e. The number of nitrogens with one attached hydrogen (secondary N) is 1. The maximum atomic E-state index is 11.9. The smallest absolute Gasteiger partial charge is 0.107 e. The van der Waals surface area contributed by atoms with E-state index in [4.69, 9.17) is 4.78 Å². The molecule has 4 heteroatoms. The fourth-order valence-corrected chi connectivity index (χ4v) is 3.48. The lowest BCUT2D eigenvalue weighted by Crippen LogP contribution is -2.31. The van der Waals surface area contributed by atoms with E-state index in [1.54, 1.807) is 0 Å². The average Bonchev–Trinajstić information content (AvgIpc) is 2.30.